The van der Waals surface area contributed by atoms with E-state index in [9.17, 15) is 4.79 Å². The van der Waals surface area contributed by atoms with Crippen molar-refractivity contribution in [1.82, 2.24) is 4.90 Å². The van der Waals surface area contributed by atoms with Crippen LogP contribution in [0.5, 0.6) is 0 Å². The van der Waals surface area contributed by atoms with Crippen molar-refractivity contribution in [2.45, 2.75) is 37.8 Å². The number of nitrogens with zero attached hydrogens (tertiary/aromatic N) is 4. The van der Waals surface area contributed by atoms with Crippen LogP contribution in [0, 0.1) is 0 Å². The Hall–Kier alpha value is -2.81. The van der Waals surface area contributed by atoms with Crippen LogP contribution in [0.2, 0.25) is 0 Å². The van der Waals surface area contributed by atoms with Gasteiger partial charge in [0.25, 0.3) is 0 Å². The molecule has 150 valence electrons. The molecule has 28 heavy (non-hydrogen) atoms. The first-order valence-electron chi connectivity index (χ1n) is 9.81. The van der Waals surface area contributed by atoms with Crippen LogP contribution in [0.3, 0.4) is 0 Å². The van der Waals surface area contributed by atoms with Crippen LogP contribution in [0.25, 0.3) is 0 Å². The number of ether oxygens (including phenoxy) is 1. The van der Waals surface area contributed by atoms with Crippen LogP contribution in [0.4, 0.5) is 16.2 Å². The molecule has 4 rings (SSSR count). The van der Waals surface area contributed by atoms with Crippen molar-refractivity contribution in [2.24, 2.45) is 21.5 Å². The van der Waals surface area contributed by atoms with Gasteiger partial charge in [0.05, 0.1) is 13.2 Å². The predicted octanol–water partition coefficient (Wildman–Crippen LogP) is 1.66. The van der Waals surface area contributed by atoms with Crippen molar-refractivity contribution in [2.75, 3.05) is 36.5 Å². The molecule has 9 nitrogen and oxygen atoms in total. The van der Waals surface area contributed by atoms with E-state index in [4.69, 9.17) is 16.2 Å². The summed E-state index contributed by atoms with van der Waals surface area (Å²) in [7, 11) is 0. The summed E-state index contributed by atoms with van der Waals surface area (Å²) in [5.41, 5.74) is 13.3. The van der Waals surface area contributed by atoms with E-state index in [1.165, 1.54) is 6.42 Å². The average molecular weight is 385 g/mol. The lowest BCUT2D eigenvalue weighted by atomic mass is 9.87. The molecule has 5 N–H and O–H groups in total. The standard InChI is InChI=1S/C19H27N7O2/c20-16-23-17(21)26(19(24-16)7-2-1-3-8-19)15-6-4-5-14(13-15)22-18(27)25-9-11-28-12-10-25/h4-6,13H,1-3,7-12H2,(H,22,27)(H4,20,21,23,24). The van der Waals surface area contributed by atoms with Crippen LogP contribution >= 0.6 is 0 Å². The quantitative estimate of drug-likeness (QED) is 0.715. The first kappa shape index (κ1) is 18.5. The van der Waals surface area contributed by atoms with Gasteiger partial charge in [-0.25, -0.2) is 9.79 Å². The number of carbonyl (C=O) groups excluding carboxylic acids is 1. The number of benzene rings is 1. The van der Waals surface area contributed by atoms with E-state index in [0.29, 0.717) is 38.0 Å². The number of nitrogens with two attached hydrogens (primary N) is 2. The zero-order chi connectivity index (χ0) is 19.6. The van der Waals surface area contributed by atoms with E-state index in [1.807, 2.05) is 29.2 Å². The highest BCUT2D eigenvalue weighted by Crippen LogP contribution is 2.39. The van der Waals surface area contributed by atoms with E-state index in [2.05, 4.69) is 15.3 Å². The summed E-state index contributed by atoms with van der Waals surface area (Å²) in [4.78, 5) is 25.1. The third kappa shape index (κ3) is 3.62. The molecule has 0 bridgehead atoms. The summed E-state index contributed by atoms with van der Waals surface area (Å²) < 4.78 is 5.30. The van der Waals surface area contributed by atoms with Gasteiger partial charge in [0, 0.05) is 24.5 Å². The Morgan fingerprint density at radius 3 is 2.64 bits per heavy atom. The molecule has 2 amide bonds. The topological polar surface area (TPSA) is 122 Å². The van der Waals surface area contributed by atoms with Gasteiger partial charge >= 0.3 is 6.03 Å². The fourth-order valence-corrected chi connectivity index (χ4v) is 4.19. The van der Waals surface area contributed by atoms with Crippen molar-refractivity contribution in [3.63, 3.8) is 0 Å². The molecular weight excluding hydrogens is 358 g/mol. The Labute approximate surface area is 164 Å². The van der Waals surface area contributed by atoms with Gasteiger partial charge in [-0.05, 0) is 43.9 Å². The maximum absolute atomic E-state index is 12.5. The van der Waals surface area contributed by atoms with Gasteiger partial charge in [-0.2, -0.15) is 4.99 Å². The van der Waals surface area contributed by atoms with E-state index < -0.39 is 5.66 Å². The lowest BCUT2D eigenvalue weighted by Gasteiger charge is -2.45. The van der Waals surface area contributed by atoms with Gasteiger partial charge in [0.15, 0.2) is 0 Å². The van der Waals surface area contributed by atoms with Gasteiger partial charge in [0.1, 0.15) is 5.66 Å². The Balaban J connectivity index is 1.59. The van der Waals surface area contributed by atoms with Gasteiger partial charge in [0.2, 0.25) is 11.9 Å². The summed E-state index contributed by atoms with van der Waals surface area (Å²) in [6.07, 6.45) is 5.04. The first-order valence-corrected chi connectivity index (χ1v) is 9.81. The highest BCUT2D eigenvalue weighted by molar-refractivity contribution is 6.06. The summed E-state index contributed by atoms with van der Waals surface area (Å²) in [6.45, 7) is 2.31. The third-order valence-corrected chi connectivity index (χ3v) is 5.51. The SMILES string of the molecule is NC1=NC2(CCCCC2)N(c2cccc(NC(=O)N3CCOCC3)c2)C(N)=N1. The van der Waals surface area contributed by atoms with Gasteiger partial charge in [-0.15, -0.1) is 0 Å². The molecule has 1 aromatic rings. The second-order valence-electron chi connectivity index (χ2n) is 7.40. The third-order valence-electron chi connectivity index (χ3n) is 5.51. The van der Waals surface area contributed by atoms with Crippen molar-refractivity contribution in [3.05, 3.63) is 24.3 Å². The van der Waals surface area contributed by atoms with Crippen LogP contribution in [0.15, 0.2) is 34.3 Å². The van der Waals surface area contributed by atoms with Crippen molar-refractivity contribution >= 4 is 29.3 Å². The minimum absolute atomic E-state index is 0.129. The molecule has 1 saturated heterocycles. The second kappa shape index (κ2) is 7.67. The zero-order valence-corrected chi connectivity index (χ0v) is 15.9. The molecule has 0 unspecified atom stereocenters. The monoisotopic (exact) mass is 385 g/mol. The van der Waals surface area contributed by atoms with Gasteiger partial charge < -0.3 is 26.4 Å². The Morgan fingerprint density at radius 2 is 1.89 bits per heavy atom. The lowest BCUT2D eigenvalue weighted by molar-refractivity contribution is 0.0564. The number of anilines is 2. The largest absolute Gasteiger partial charge is 0.378 e. The van der Waals surface area contributed by atoms with E-state index >= 15 is 0 Å². The summed E-state index contributed by atoms with van der Waals surface area (Å²) in [5, 5.41) is 2.97. The first-order chi connectivity index (χ1) is 13.6. The number of rotatable bonds is 2. The van der Waals surface area contributed by atoms with Crippen LogP contribution < -0.4 is 21.7 Å². The van der Waals surface area contributed by atoms with Crippen molar-refractivity contribution in [3.8, 4) is 0 Å². The number of nitrogens with one attached hydrogen (secondary N) is 1. The Morgan fingerprint density at radius 1 is 1.14 bits per heavy atom. The smallest absolute Gasteiger partial charge is 0.322 e. The highest BCUT2D eigenvalue weighted by Gasteiger charge is 2.42. The molecular formula is C19H27N7O2. The predicted molar refractivity (Wildman–Crippen MR) is 109 cm³/mol. The molecule has 9 heteroatoms. The maximum Gasteiger partial charge on any atom is 0.322 e. The number of carbonyl (C=O) groups is 1. The molecule has 0 atom stereocenters. The summed E-state index contributed by atoms with van der Waals surface area (Å²) in [5.74, 6) is 0.568. The summed E-state index contributed by atoms with van der Waals surface area (Å²) in [6, 6.07) is 7.50. The molecule has 0 radical (unpaired) electrons. The summed E-state index contributed by atoms with van der Waals surface area (Å²) >= 11 is 0. The Bertz CT molecular complexity index is 795. The molecule has 1 spiro atoms. The van der Waals surface area contributed by atoms with Crippen molar-refractivity contribution in [1.29, 1.82) is 0 Å². The molecule has 2 aliphatic heterocycles. The number of amides is 2. The number of hydrogen-bond donors (Lipinski definition) is 3. The lowest BCUT2D eigenvalue weighted by Crippen LogP contribution is -2.58. The van der Waals surface area contributed by atoms with Gasteiger partial charge in [-0.1, -0.05) is 12.5 Å². The van der Waals surface area contributed by atoms with Crippen molar-refractivity contribution < 1.29 is 9.53 Å². The Kier molecular flexibility index (Phi) is 5.08. The van der Waals surface area contributed by atoms with Gasteiger partial charge in [-0.3, -0.25) is 4.90 Å². The maximum atomic E-state index is 12.5. The minimum Gasteiger partial charge on any atom is -0.378 e. The molecule has 0 aromatic heterocycles. The van der Waals surface area contributed by atoms with Crippen LogP contribution in [0.1, 0.15) is 32.1 Å². The highest BCUT2D eigenvalue weighted by atomic mass is 16.5. The zero-order valence-electron chi connectivity index (χ0n) is 15.9. The number of guanidine groups is 2. The molecule has 1 aromatic carbocycles. The molecule has 1 saturated carbocycles. The normalized spacial score (nSPS) is 21.9. The molecule has 2 heterocycles. The number of hydrogen-bond acceptors (Lipinski definition) is 7. The minimum atomic E-state index is -0.499. The number of aliphatic imine (C=N–C) groups is 2. The second-order valence-corrected chi connectivity index (χ2v) is 7.40. The fourth-order valence-electron chi connectivity index (χ4n) is 4.19. The van der Waals surface area contributed by atoms with Crippen LogP contribution in [-0.4, -0.2) is 54.8 Å². The fraction of sp³-hybridized carbons (Fsp3) is 0.526. The number of morpholine rings is 1. The number of urea groups is 1. The van der Waals surface area contributed by atoms with Crippen LogP contribution in [-0.2, 0) is 4.74 Å². The molecule has 1 aliphatic carbocycles. The van der Waals surface area contributed by atoms with E-state index in [0.717, 1.165) is 31.4 Å². The average Bonchev–Trinajstić information content (AvgIpc) is 2.69. The van der Waals surface area contributed by atoms with E-state index in [-0.39, 0.29) is 12.0 Å². The molecule has 2 fully saturated rings. The molecule has 3 aliphatic rings. The van der Waals surface area contributed by atoms with E-state index in [1.54, 1.807) is 4.90 Å².